The van der Waals surface area contributed by atoms with Gasteiger partial charge in [-0.25, -0.2) is 4.98 Å². The van der Waals surface area contributed by atoms with Crippen molar-refractivity contribution in [2.45, 2.75) is 32.1 Å². The van der Waals surface area contributed by atoms with E-state index in [9.17, 15) is 9.59 Å². The average molecular weight is 341 g/mol. The lowest BCUT2D eigenvalue weighted by Crippen LogP contribution is -2.41. The standard InChI is InChI=1S/C19H23N3O3/c23-17(13-22-12-6-2-5-9-18(22)24)20-11-10-16-14-25-19(21-16)15-7-3-1-4-8-15/h1,3-4,7-8,14H,2,5-6,9-13H2,(H,20,23). The molecule has 0 spiro atoms. The predicted molar refractivity (Wildman–Crippen MR) is 93.7 cm³/mol. The molecule has 1 saturated heterocycles. The molecule has 1 aliphatic heterocycles. The third-order valence-corrected chi connectivity index (χ3v) is 4.28. The number of amides is 2. The van der Waals surface area contributed by atoms with Gasteiger partial charge in [-0.05, 0) is 25.0 Å². The first-order chi connectivity index (χ1) is 12.2. The minimum Gasteiger partial charge on any atom is -0.444 e. The molecule has 0 atom stereocenters. The molecule has 1 fully saturated rings. The molecule has 1 aliphatic rings. The lowest BCUT2D eigenvalue weighted by atomic mass is 10.2. The molecule has 1 aromatic carbocycles. The third-order valence-electron chi connectivity index (χ3n) is 4.28. The van der Waals surface area contributed by atoms with E-state index in [0.29, 0.717) is 31.8 Å². The van der Waals surface area contributed by atoms with Crippen molar-refractivity contribution in [3.8, 4) is 11.5 Å². The van der Waals surface area contributed by atoms with Gasteiger partial charge < -0.3 is 14.6 Å². The van der Waals surface area contributed by atoms with Crippen molar-refractivity contribution in [3.05, 3.63) is 42.3 Å². The number of likely N-dealkylation sites (tertiary alicyclic amines) is 1. The van der Waals surface area contributed by atoms with E-state index in [4.69, 9.17) is 4.42 Å². The van der Waals surface area contributed by atoms with E-state index in [0.717, 1.165) is 30.5 Å². The zero-order valence-corrected chi connectivity index (χ0v) is 14.2. The summed E-state index contributed by atoms with van der Waals surface area (Å²) in [4.78, 5) is 30.0. The molecule has 2 heterocycles. The van der Waals surface area contributed by atoms with Crippen LogP contribution in [0.2, 0.25) is 0 Å². The number of oxazole rings is 1. The van der Waals surface area contributed by atoms with Crippen molar-refractivity contribution in [2.24, 2.45) is 0 Å². The summed E-state index contributed by atoms with van der Waals surface area (Å²) < 4.78 is 5.48. The van der Waals surface area contributed by atoms with E-state index >= 15 is 0 Å². The number of nitrogens with one attached hydrogen (secondary N) is 1. The number of aromatic nitrogens is 1. The lowest BCUT2D eigenvalue weighted by Gasteiger charge is -2.19. The monoisotopic (exact) mass is 341 g/mol. The normalized spacial score (nSPS) is 15.0. The highest BCUT2D eigenvalue weighted by Gasteiger charge is 2.19. The van der Waals surface area contributed by atoms with Gasteiger partial charge in [0.2, 0.25) is 17.7 Å². The molecule has 25 heavy (non-hydrogen) atoms. The Bertz CT molecular complexity index is 712. The maximum atomic E-state index is 12.0. The van der Waals surface area contributed by atoms with Gasteiger partial charge in [-0.2, -0.15) is 0 Å². The average Bonchev–Trinajstić information content (AvgIpc) is 3.01. The summed E-state index contributed by atoms with van der Waals surface area (Å²) in [5.41, 5.74) is 1.72. The van der Waals surface area contributed by atoms with E-state index < -0.39 is 0 Å². The molecule has 0 aliphatic carbocycles. The second-order valence-electron chi connectivity index (χ2n) is 6.24. The van der Waals surface area contributed by atoms with Crippen LogP contribution < -0.4 is 5.32 Å². The number of hydrogen-bond acceptors (Lipinski definition) is 4. The molecule has 0 bridgehead atoms. The summed E-state index contributed by atoms with van der Waals surface area (Å²) in [6, 6.07) is 9.69. The SMILES string of the molecule is O=C(CN1CCCCCC1=O)NCCc1coc(-c2ccccc2)n1. The Morgan fingerprint density at radius 1 is 1.20 bits per heavy atom. The molecule has 3 rings (SSSR count). The Kier molecular flexibility index (Phi) is 5.82. The van der Waals surface area contributed by atoms with Gasteiger partial charge in [0.1, 0.15) is 6.26 Å². The molecule has 1 aromatic heterocycles. The Morgan fingerprint density at radius 3 is 2.88 bits per heavy atom. The van der Waals surface area contributed by atoms with Crippen LogP contribution in [0.15, 0.2) is 41.0 Å². The van der Waals surface area contributed by atoms with E-state index in [1.165, 1.54) is 0 Å². The molecule has 2 aromatic rings. The fraction of sp³-hybridized carbons (Fsp3) is 0.421. The minimum atomic E-state index is -0.123. The molecule has 2 amide bonds. The van der Waals surface area contributed by atoms with Crippen molar-refractivity contribution in [3.63, 3.8) is 0 Å². The fourth-order valence-electron chi connectivity index (χ4n) is 2.90. The van der Waals surface area contributed by atoms with Gasteiger partial charge in [0, 0.05) is 31.5 Å². The van der Waals surface area contributed by atoms with Gasteiger partial charge in [-0.1, -0.05) is 24.6 Å². The van der Waals surface area contributed by atoms with Crippen LogP contribution in [0.1, 0.15) is 31.4 Å². The molecule has 0 unspecified atom stereocenters. The van der Waals surface area contributed by atoms with Gasteiger partial charge in [-0.15, -0.1) is 0 Å². The predicted octanol–water partition coefficient (Wildman–Crippen LogP) is 2.40. The summed E-state index contributed by atoms with van der Waals surface area (Å²) >= 11 is 0. The van der Waals surface area contributed by atoms with E-state index in [1.54, 1.807) is 11.2 Å². The topological polar surface area (TPSA) is 75.4 Å². The molecular weight excluding hydrogens is 318 g/mol. The second kappa shape index (κ2) is 8.46. The summed E-state index contributed by atoms with van der Waals surface area (Å²) in [7, 11) is 0. The Balaban J connectivity index is 1.44. The zero-order valence-electron chi connectivity index (χ0n) is 14.2. The van der Waals surface area contributed by atoms with Crippen LogP contribution in [0.3, 0.4) is 0 Å². The quantitative estimate of drug-likeness (QED) is 0.875. The van der Waals surface area contributed by atoms with Crippen molar-refractivity contribution >= 4 is 11.8 Å². The highest BCUT2D eigenvalue weighted by molar-refractivity contribution is 5.84. The maximum Gasteiger partial charge on any atom is 0.239 e. The summed E-state index contributed by atoms with van der Waals surface area (Å²) in [5.74, 6) is 0.538. The van der Waals surface area contributed by atoms with Gasteiger partial charge in [-0.3, -0.25) is 9.59 Å². The summed E-state index contributed by atoms with van der Waals surface area (Å²) in [6.45, 7) is 1.30. The number of nitrogens with zero attached hydrogens (tertiary/aromatic N) is 2. The Morgan fingerprint density at radius 2 is 2.04 bits per heavy atom. The smallest absolute Gasteiger partial charge is 0.239 e. The first-order valence-corrected chi connectivity index (χ1v) is 8.76. The first kappa shape index (κ1) is 17.2. The van der Waals surface area contributed by atoms with Crippen LogP contribution in [-0.2, 0) is 16.0 Å². The number of carbonyl (C=O) groups excluding carboxylic acids is 2. The van der Waals surface area contributed by atoms with Crippen molar-refractivity contribution in [2.75, 3.05) is 19.6 Å². The lowest BCUT2D eigenvalue weighted by molar-refractivity contribution is -0.135. The van der Waals surface area contributed by atoms with Crippen LogP contribution in [0.4, 0.5) is 0 Å². The minimum absolute atomic E-state index is 0.0802. The van der Waals surface area contributed by atoms with Crippen molar-refractivity contribution in [1.29, 1.82) is 0 Å². The number of rotatable bonds is 6. The Labute approximate surface area is 147 Å². The van der Waals surface area contributed by atoms with E-state index in [-0.39, 0.29) is 18.4 Å². The third kappa shape index (κ3) is 4.92. The molecule has 0 saturated carbocycles. The van der Waals surface area contributed by atoms with E-state index in [1.807, 2.05) is 30.3 Å². The largest absolute Gasteiger partial charge is 0.444 e. The highest BCUT2D eigenvalue weighted by Crippen LogP contribution is 2.17. The van der Waals surface area contributed by atoms with Gasteiger partial charge in [0.05, 0.1) is 12.2 Å². The summed E-state index contributed by atoms with van der Waals surface area (Å²) in [5, 5.41) is 2.85. The van der Waals surface area contributed by atoms with Gasteiger partial charge >= 0.3 is 0 Å². The fourth-order valence-corrected chi connectivity index (χ4v) is 2.90. The van der Waals surface area contributed by atoms with Gasteiger partial charge in [0.25, 0.3) is 0 Å². The highest BCUT2D eigenvalue weighted by atomic mass is 16.3. The van der Waals surface area contributed by atoms with Crippen LogP contribution in [0, 0.1) is 0 Å². The van der Waals surface area contributed by atoms with Crippen LogP contribution in [-0.4, -0.2) is 41.3 Å². The second-order valence-corrected chi connectivity index (χ2v) is 6.24. The zero-order chi connectivity index (χ0) is 17.5. The first-order valence-electron chi connectivity index (χ1n) is 8.76. The van der Waals surface area contributed by atoms with Crippen LogP contribution >= 0.6 is 0 Å². The van der Waals surface area contributed by atoms with Crippen LogP contribution in [0.25, 0.3) is 11.5 Å². The maximum absolute atomic E-state index is 12.0. The molecule has 1 N–H and O–H groups in total. The number of hydrogen-bond donors (Lipinski definition) is 1. The van der Waals surface area contributed by atoms with Gasteiger partial charge in [0.15, 0.2) is 0 Å². The molecule has 6 nitrogen and oxygen atoms in total. The number of benzene rings is 1. The van der Waals surface area contributed by atoms with E-state index in [2.05, 4.69) is 10.3 Å². The molecule has 6 heteroatoms. The summed E-state index contributed by atoms with van der Waals surface area (Å²) in [6.07, 6.45) is 5.71. The van der Waals surface area contributed by atoms with Crippen molar-refractivity contribution in [1.82, 2.24) is 15.2 Å². The van der Waals surface area contributed by atoms with Crippen LogP contribution in [0.5, 0.6) is 0 Å². The number of carbonyl (C=O) groups is 2. The molecule has 132 valence electrons. The molecule has 0 radical (unpaired) electrons. The molecular formula is C19H23N3O3. The Hall–Kier alpha value is -2.63. The van der Waals surface area contributed by atoms with Crippen molar-refractivity contribution < 1.29 is 14.0 Å².